The van der Waals surface area contributed by atoms with E-state index in [2.05, 4.69) is 25.8 Å². The predicted octanol–water partition coefficient (Wildman–Crippen LogP) is 3.64. The van der Waals surface area contributed by atoms with E-state index in [1.807, 2.05) is 31.2 Å². The van der Waals surface area contributed by atoms with Crippen LogP contribution in [0.5, 0.6) is 0 Å². The zero-order valence-electron chi connectivity index (χ0n) is 14.4. The zero-order chi connectivity index (χ0) is 18.5. The van der Waals surface area contributed by atoms with Crippen molar-refractivity contribution in [3.05, 3.63) is 64.1 Å². The van der Waals surface area contributed by atoms with Crippen molar-refractivity contribution in [3.63, 3.8) is 0 Å². The van der Waals surface area contributed by atoms with Crippen molar-refractivity contribution in [2.24, 2.45) is 0 Å². The van der Waals surface area contributed by atoms with Crippen molar-refractivity contribution >= 4 is 29.3 Å². The molecule has 2 heterocycles. The molecule has 0 atom stereocenters. The number of benzene rings is 1. The fourth-order valence-electron chi connectivity index (χ4n) is 2.34. The molecule has 0 saturated heterocycles. The molecule has 0 aliphatic heterocycles. The molecular formula is C18H18ClN5O2. The Labute approximate surface area is 155 Å². The largest absolute Gasteiger partial charge is 0.360 e. The van der Waals surface area contributed by atoms with Crippen LogP contribution in [0, 0.1) is 13.8 Å². The van der Waals surface area contributed by atoms with Crippen LogP contribution >= 0.6 is 11.6 Å². The Morgan fingerprint density at radius 2 is 1.92 bits per heavy atom. The molecule has 1 aromatic carbocycles. The average molecular weight is 372 g/mol. The van der Waals surface area contributed by atoms with E-state index >= 15 is 0 Å². The summed E-state index contributed by atoms with van der Waals surface area (Å²) in [6.45, 7) is 4.19. The number of aromatic nitrogens is 3. The average Bonchev–Trinajstić information content (AvgIpc) is 3.01. The van der Waals surface area contributed by atoms with E-state index in [9.17, 15) is 4.79 Å². The van der Waals surface area contributed by atoms with Crippen molar-refractivity contribution in [2.75, 3.05) is 17.2 Å². The van der Waals surface area contributed by atoms with Gasteiger partial charge in [0.05, 0.1) is 0 Å². The number of anilines is 2. The maximum atomic E-state index is 12.3. The molecule has 7 nitrogen and oxygen atoms in total. The van der Waals surface area contributed by atoms with Crippen LogP contribution in [0.15, 0.2) is 40.9 Å². The van der Waals surface area contributed by atoms with E-state index in [-0.39, 0.29) is 11.6 Å². The summed E-state index contributed by atoms with van der Waals surface area (Å²) in [5.41, 5.74) is 2.09. The van der Waals surface area contributed by atoms with Gasteiger partial charge < -0.3 is 15.2 Å². The summed E-state index contributed by atoms with van der Waals surface area (Å²) in [4.78, 5) is 20.9. The molecule has 2 aromatic heterocycles. The van der Waals surface area contributed by atoms with Gasteiger partial charge in [0, 0.05) is 23.3 Å². The quantitative estimate of drug-likeness (QED) is 0.687. The molecule has 0 bridgehead atoms. The molecule has 0 unspecified atom stereocenters. The second kappa shape index (κ2) is 7.97. The molecule has 0 aliphatic carbocycles. The minimum Gasteiger partial charge on any atom is -0.360 e. The first-order valence-electron chi connectivity index (χ1n) is 8.08. The summed E-state index contributed by atoms with van der Waals surface area (Å²) in [5, 5.41) is 10.2. The molecule has 0 spiro atoms. The highest BCUT2D eigenvalue weighted by Crippen LogP contribution is 2.12. The second-order valence-electron chi connectivity index (χ2n) is 5.80. The minimum absolute atomic E-state index is 0.257. The van der Waals surface area contributed by atoms with Crippen LogP contribution in [-0.4, -0.2) is 27.6 Å². The summed E-state index contributed by atoms with van der Waals surface area (Å²) >= 11 is 5.88. The molecule has 26 heavy (non-hydrogen) atoms. The lowest BCUT2D eigenvalue weighted by Crippen LogP contribution is -2.17. The lowest BCUT2D eigenvalue weighted by atomic mass is 10.1. The Balaban J connectivity index is 1.63. The van der Waals surface area contributed by atoms with Gasteiger partial charge in [-0.1, -0.05) is 28.9 Å². The third kappa shape index (κ3) is 4.80. The molecule has 8 heteroatoms. The van der Waals surface area contributed by atoms with E-state index < -0.39 is 0 Å². The zero-order valence-corrected chi connectivity index (χ0v) is 15.2. The van der Waals surface area contributed by atoms with Crippen LogP contribution in [0.1, 0.15) is 27.5 Å². The standard InChI is InChI=1S/C18H18ClN5O2/c1-11-9-15(17(25)23-16-10-12(2)26-24-16)22-18(21-11)20-8-7-13-3-5-14(19)6-4-13/h3-6,9-10H,7-8H2,1-2H3,(H,20,21,22)(H,23,24,25). The molecule has 0 saturated carbocycles. The SMILES string of the molecule is Cc1cc(C(=O)Nc2cc(C)on2)nc(NCCc2ccc(Cl)cc2)n1. The molecule has 2 N–H and O–H groups in total. The van der Waals surface area contributed by atoms with Crippen molar-refractivity contribution < 1.29 is 9.32 Å². The van der Waals surface area contributed by atoms with Gasteiger partial charge in [-0.15, -0.1) is 0 Å². The first-order valence-corrected chi connectivity index (χ1v) is 8.46. The highest BCUT2D eigenvalue weighted by Gasteiger charge is 2.13. The molecule has 3 aromatic rings. The number of carbonyl (C=O) groups is 1. The molecule has 134 valence electrons. The highest BCUT2D eigenvalue weighted by molar-refractivity contribution is 6.30. The minimum atomic E-state index is -0.371. The molecule has 3 rings (SSSR count). The van der Waals surface area contributed by atoms with Gasteiger partial charge in [0.15, 0.2) is 5.82 Å². The van der Waals surface area contributed by atoms with Crippen molar-refractivity contribution in [3.8, 4) is 0 Å². The summed E-state index contributed by atoms with van der Waals surface area (Å²) in [6.07, 6.45) is 0.786. The summed E-state index contributed by atoms with van der Waals surface area (Å²) in [7, 11) is 0. The summed E-state index contributed by atoms with van der Waals surface area (Å²) < 4.78 is 4.93. The van der Waals surface area contributed by atoms with E-state index in [0.29, 0.717) is 34.8 Å². The Morgan fingerprint density at radius 3 is 2.62 bits per heavy atom. The van der Waals surface area contributed by atoms with E-state index in [4.69, 9.17) is 16.1 Å². The lowest BCUT2D eigenvalue weighted by Gasteiger charge is -2.08. The van der Waals surface area contributed by atoms with Crippen LogP contribution in [-0.2, 0) is 6.42 Å². The second-order valence-corrected chi connectivity index (χ2v) is 6.23. The Bertz CT molecular complexity index is 908. The number of carbonyl (C=O) groups excluding carboxylic acids is 1. The summed E-state index contributed by atoms with van der Waals surface area (Å²) in [6, 6.07) is 10.9. The van der Waals surface area contributed by atoms with Gasteiger partial charge in [-0.2, -0.15) is 0 Å². The van der Waals surface area contributed by atoms with Gasteiger partial charge >= 0.3 is 0 Å². The van der Waals surface area contributed by atoms with E-state index in [0.717, 1.165) is 12.0 Å². The van der Waals surface area contributed by atoms with Crippen LogP contribution in [0.25, 0.3) is 0 Å². The summed E-state index contributed by atoms with van der Waals surface area (Å²) in [5.74, 6) is 0.995. The number of rotatable bonds is 6. The predicted molar refractivity (Wildman–Crippen MR) is 99.6 cm³/mol. The Morgan fingerprint density at radius 1 is 1.15 bits per heavy atom. The van der Waals surface area contributed by atoms with Crippen molar-refractivity contribution in [1.82, 2.24) is 15.1 Å². The smallest absolute Gasteiger partial charge is 0.275 e. The van der Waals surface area contributed by atoms with Crippen LogP contribution in [0.4, 0.5) is 11.8 Å². The van der Waals surface area contributed by atoms with Crippen LogP contribution < -0.4 is 10.6 Å². The maximum absolute atomic E-state index is 12.3. The molecule has 0 aliphatic rings. The molecule has 1 amide bonds. The number of aryl methyl sites for hydroxylation is 2. The first-order chi connectivity index (χ1) is 12.5. The fourth-order valence-corrected chi connectivity index (χ4v) is 2.47. The lowest BCUT2D eigenvalue weighted by molar-refractivity contribution is 0.102. The normalized spacial score (nSPS) is 10.6. The van der Waals surface area contributed by atoms with E-state index in [1.54, 1.807) is 19.1 Å². The third-order valence-electron chi connectivity index (χ3n) is 3.57. The molecule has 0 radical (unpaired) electrons. The van der Waals surface area contributed by atoms with Gasteiger partial charge in [-0.05, 0) is 44.0 Å². The van der Waals surface area contributed by atoms with E-state index in [1.165, 1.54) is 0 Å². The Kier molecular flexibility index (Phi) is 5.48. The molecule has 0 fully saturated rings. The Hall–Kier alpha value is -2.93. The maximum Gasteiger partial charge on any atom is 0.275 e. The van der Waals surface area contributed by atoms with Crippen LogP contribution in [0.3, 0.4) is 0 Å². The number of nitrogens with one attached hydrogen (secondary N) is 2. The topological polar surface area (TPSA) is 92.9 Å². The van der Waals surface area contributed by atoms with Crippen molar-refractivity contribution in [1.29, 1.82) is 0 Å². The van der Waals surface area contributed by atoms with Gasteiger partial charge in [0.1, 0.15) is 11.5 Å². The van der Waals surface area contributed by atoms with Gasteiger partial charge in [0.2, 0.25) is 5.95 Å². The highest BCUT2D eigenvalue weighted by atomic mass is 35.5. The number of nitrogens with zero attached hydrogens (tertiary/aromatic N) is 3. The van der Waals surface area contributed by atoms with Crippen molar-refractivity contribution in [2.45, 2.75) is 20.3 Å². The number of hydrogen-bond donors (Lipinski definition) is 2. The third-order valence-corrected chi connectivity index (χ3v) is 3.82. The monoisotopic (exact) mass is 371 g/mol. The van der Waals surface area contributed by atoms with Gasteiger partial charge in [-0.25, -0.2) is 9.97 Å². The van der Waals surface area contributed by atoms with Gasteiger partial charge in [0.25, 0.3) is 5.91 Å². The first kappa shape index (κ1) is 17.9. The number of amides is 1. The molecular weight excluding hydrogens is 354 g/mol. The number of halogens is 1. The fraction of sp³-hybridized carbons (Fsp3) is 0.222. The van der Waals surface area contributed by atoms with Gasteiger partial charge in [-0.3, -0.25) is 4.79 Å². The van der Waals surface area contributed by atoms with Crippen LogP contribution in [0.2, 0.25) is 5.02 Å². The number of hydrogen-bond acceptors (Lipinski definition) is 6.